The fourth-order valence-electron chi connectivity index (χ4n) is 2.22. The average Bonchev–Trinajstić information content (AvgIpc) is 2.77. The first-order chi connectivity index (χ1) is 9.66. The molecule has 0 fully saturated rings. The first-order valence-electron chi connectivity index (χ1n) is 6.74. The third kappa shape index (κ3) is 4.43. The normalized spacial score (nSPS) is 15.2. The molecule has 1 aliphatic heterocycles. The Morgan fingerprint density at radius 2 is 2.24 bits per heavy atom. The number of nitrogens with zero attached hydrogens (tertiary/aromatic N) is 2. The van der Waals surface area contributed by atoms with Crippen molar-refractivity contribution in [1.29, 1.82) is 0 Å². The molecule has 0 spiro atoms. The van der Waals surface area contributed by atoms with Crippen molar-refractivity contribution in [1.82, 2.24) is 19.6 Å². The Morgan fingerprint density at radius 1 is 1.52 bits per heavy atom. The summed E-state index contributed by atoms with van der Waals surface area (Å²) in [6.07, 6.45) is 3.79. The first-order valence-corrected chi connectivity index (χ1v) is 8.64. The van der Waals surface area contributed by atoms with Gasteiger partial charge < -0.3 is 15.2 Å². The Balaban J connectivity index is 1.97. The van der Waals surface area contributed by atoms with Crippen LogP contribution in [0.3, 0.4) is 0 Å². The maximum absolute atomic E-state index is 12.1. The van der Waals surface area contributed by atoms with Gasteiger partial charge in [0.2, 0.25) is 16.0 Å². The van der Waals surface area contributed by atoms with E-state index in [0.717, 1.165) is 25.8 Å². The topological polar surface area (TPSA) is 105 Å². The van der Waals surface area contributed by atoms with Gasteiger partial charge in [-0.05, 0) is 20.3 Å². The quantitative estimate of drug-likeness (QED) is 0.695. The molecule has 0 saturated heterocycles. The number of aromatic nitrogens is 2. The molecule has 0 atom stereocenters. The first kappa shape index (κ1) is 15.8. The SMILES string of the molecule is CC(C)(CNC(=O)c1cn2c(n1)NCCC2)NS(C)(=O)=O. The van der Waals surface area contributed by atoms with Crippen LogP contribution in [0.4, 0.5) is 5.95 Å². The van der Waals surface area contributed by atoms with Crippen molar-refractivity contribution in [2.75, 3.05) is 24.7 Å². The second kappa shape index (κ2) is 5.64. The molecule has 118 valence electrons. The lowest BCUT2D eigenvalue weighted by Gasteiger charge is -2.25. The summed E-state index contributed by atoms with van der Waals surface area (Å²) in [7, 11) is -3.33. The standard InChI is InChI=1S/C12H21N5O3S/c1-12(2,16-21(3,19)20)8-14-10(18)9-7-17-6-4-5-13-11(17)15-9/h7,16H,4-6,8H2,1-3H3,(H,13,15)(H,14,18). The molecule has 0 unspecified atom stereocenters. The molecule has 21 heavy (non-hydrogen) atoms. The van der Waals surface area contributed by atoms with Crippen LogP contribution in [-0.2, 0) is 16.6 Å². The second-order valence-electron chi connectivity index (χ2n) is 5.86. The molecule has 1 amide bonds. The van der Waals surface area contributed by atoms with E-state index < -0.39 is 15.6 Å². The van der Waals surface area contributed by atoms with Gasteiger partial charge in [0.15, 0.2) is 0 Å². The van der Waals surface area contributed by atoms with Crippen molar-refractivity contribution in [3.63, 3.8) is 0 Å². The summed E-state index contributed by atoms with van der Waals surface area (Å²) in [5.41, 5.74) is -0.435. The monoisotopic (exact) mass is 315 g/mol. The van der Waals surface area contributed by atoms with Crippen molar-refractivity contribution in [3.8, 4) is 0 Å². The van der Waals surface area contributed by atoms with Crippen LogP contribution in [0.25, 0.3) is 0 Å². The summed E-state index contributed by atoms with van der Waals surface area (Å²) in [6.45, 7) is 5.27. The van der Waals surface area contributed by atoms with E-state index >= 15 is 0 Å². The van der Waals surface area contributed by atoms with Crippen LogP contribution in [0.1, 0.15) is 30.8 Å². The van der Waals surface area contributed by atoms with Crippen LogP contribution in [0, 0.1) is 0 Å². The van der Waals surface area contributed by atoms with Gasteiger partial charge in [-0.2, -0.15) is 0 Å². The van der Waals surface area contributed by atoms with Crippen LogP contribution in [-0.4, -0.2) is 48.8 Å². The van der Waals surface area contributed by atoms with Gasteiger partial charge in [0, 0.05) is 31.4 Å². The maximum atomic E-state index is 12.1. The van der Waals surface area contributed by atoms with Crippen LogP contribution < -0.4 is 15.4 Å². The maximum Gasteiger partial charge on any atom is 0.271 e. The number of fused-ring (bicyclic) bond motifs is 1. The number of rotatable bonds is 5. The number of aryl methyl sites for hydroxylation is 1. The number of sulfonamides is 1. The molecule has 1 aromatic rings. The molecule has 2 rings (SSSR count). The number of nitrogens with one attached hydrogen (secondary N) is 3. The van der Waals surface area contributed by atoms with E-state index in [0.29, 0.717) is 11.6 Å². The van der Waals surface area contributed by atoms with E-state index in [-0.39, 0.29) is 12.5 Å². The Kier molecular flexibility index (Phi) is 4.24. The molecule has 0 saturated carbocycles. The number of imidazole rings is 1. The molecule has 0 bridgehead atoms. The largest absolute Gasteiger partial charge is 0.356 e. The smallest absolute Gasteiger partial charge is 0.271 e. The minimum Gasteiger partial charge on any atom is -0.356 e. The highest BCUT2D eigenvalue weighted by atomic mass is 32.2. The summed E-state index contributed by atoms with van der Waals surface area (Å²) < 4.78 is 26.9. The third-order valence-corrected chi connectivity index (χ3v) is 3.94. The molecular formula is C12H21N5O3S. The number of anilines is 1. The van der Waals surface area contributed by atoms with Crippen LogP contribution in [0.15, 0.2) is 6.20 Å². The number of hydrogen-bond donors (Lipinski definition) is 3. The lowest BCUT2D eigenvalue weighted by molar-refractivity contribution is 0.0940. The summed E-state index contributed by atoms with van der Waals surface area (Å²) in [6, 6.07) is 0. The fourth-order valence-corrected chi connectivity index (χ4v) is 3.29. The lowest BCUT2D eigenvalue weighted by atomic mass is 10.1. The highest BCUT2D eigenvalue weighted by Gasteiger charge is 2.24. The van der Waals surface area contributed by atoms with Crippen LogP contribution in [0.5, 0.6) is 0 Å². The van der Waals surface area contributed by atoms with Crippen LogP contribution in [0.2, 0.25) is 0 Å². The zero-order valence-electron chi connectivity index (χ0n) is 12.4. The van der Waals surface area contributed by atoms with Crippen molar-refractivity contribution in [2.45, 2.75) is 32.4 Å². The van der Waals surface area contributed by atoms with Gasteiger partial charge in [-0.1, -0.05) is 0 Å². The molecule has 1 aromatic heterocycles. The van der Waals surface area contributed by atoms with Gasteiger partial charge in [0.25, 0.3) is 5.91 Å². The highest BCUT2D eigenvalue weighted by molar-refractivity contribution is 7.88. The van der Waals surface area contributed by atoms with Crippen molar-refractivity contribution in [3.05, 3.63) is 11.9 Å². The molecule has 9 heteroatoms. The van der Waals surface area contributed by atoms with Gasteiger partial charge in [-0.15, -0.1) is 0 Å². The summed E-state index contributed by atoms with van der Waals surface area (Å²) >= 11 is 0. The summed E-state index contributed by atoms with van der Waals surface area (Å²) in [5.74, 6) is 0.377. The van der Waals surface area contributed by atoms with Gasteiger partial charge in [0.1, 0.15) is 5.69 Å². The highest BCUT2D eigenvalue weighted by Crippen LogP contribution is 2.14. The van der Waals surface area contributed by atoms with E-state index in [1.165, 1.54) is 0 Å². The van der Waals surface area contributed by atoms with E-state index in [4.69, 9.17) is 0 Å². The fraction of sp³-hybridized carbons (Fsp3) is 0.667. The molecule has 1 aliphatic rings. The number of carbonyl (C=O) groups is 1. The van der Waals surface area contributed by atoms with Gasteiger partial charge in [-0.25, -0.2) is 18.1 Å². The molecule has 0 aliphatic carbocycles. The number of hydrogen-bond acceptors (Lipinski definition) is 5. The lowest BCUT2D eigenvalue weighted by Crippen LogP contribution is -2.51. The average molecular weight is 315 g/mol. The Bertz CT molecular complexity index is 612. The van der Waals surface area contributed by atoms with E-state index in [1.54, 1.807) is 20.0 Å². The minimum atomic E-state index is -3.33. The zero-order valence-corrected chi connectivity index (χ0v) is 13.2. The van der Waals surface area contributed by atoms with Crippen molar-refractivity contribution >= 4 is 21.9 Å². The number of amides is 1. The van der Waals surface area contributed by atoms with Crippen molar-refractivity contribution < 1.29 is 13.2 Å². The van der Waals surface area contributed by atoms with Gasteiger partial charge in [0.05, 0.1) is 6.26 Å². The van der Waals surface area contributed by atoms with E-state index in [1.807, 2.05) is 4.57 Å². The minimum absolute atomic E-state index is 0.175. The third-order valence-electron chi connectivity index (χ3n) is 3.02. The van der Waals surface area contributed by atoms with Gasteiger partial charge in [-0.3, -0.25) is 4.79 Å². The Labute approximate surface area is 124 Å². The van der Waals surface area contributed by atoms with Crippen LogP contribution >= 0.6 is 0 Å². The Hall–Kier alpha value is -1.61. The van der Waals surface area contributed by atoms with E-state index in [9.17, 15) is 13.2 Å². The zero-order chi connectivity index (χ0) is 15.7. The number of carbonyl (C=O) groups excluding carboxylic acids is 1. The molecule has 2 heterocycles. The molecular weight excluding hydrogens is 294 g/mol. The molecule has 8 nitrogen and oxygen atoms in total. The molecule has 0 radical (unpaired) electrons. The van der Waals surface area contributed by atoms with Crippen molar-refractivity contribution in [2.24, 2.45) is 0 Å². The molecule has 3 N–H and O–H groups in total. The predicted molar refractivity (Wildman–Crippen MR) is 79.7 cm³/mol. The summed E-state index contributed by atoms with van der Waals surface area (Å²) in [4.78, 5) is 16.3. The predicted octanol–water partition coefficient (Wildman–Crippen LogP) is -0.244. The Morgan fingerprint density at radius 3 is 2.86 bits per heavy atom. The summed E-state index contributed by atoms with van der Waals surface area (Å²) in [5, 5.41) is 5.82. The van der Waals surface area contributed by atoms with E-state index in [2.05, 4.69) is 20.3 Å². The second-order valence-corrected chi connectivity index (χ2v) is 7.61. The van der Waals surface area contributed by atoms with Gasteiger partial charge >= 0.3 is 0 Å². The molecule has 0 aromatic carbocycles.